The minimum atomic E-state index is -0.753. The Morgan fingerprint density at radius 1 is 1.07 bits per heavy atom. The van der Waals surface area contributed by atoms with Crippen LogP contribution in [0.25, 0.3) is 5.69 Å². The summed E-state index contributed by atoms with van der Waals surface area (Å²) in [6, 6.07) is 17.0. The van der Waals surface area contributed by atoms with Gasteiger partial charge in [-0.3, -0.25) is 9.59 Å². The van der Waals surface area contributed by atoms with Gasteiger partial charge in [-0.05, 0) is 38.1 Å². The van der Waals surface area contributed by atoms with E-state index in [1.54, 1.807) is 43.3 Å². The smallest absolute Gasteiger partial charge is 0.362 e. The summed E-state index contributed by atoms with van der Waals surface area (Å²) in [6.07, 6.45) is 0. The lowest BCUT2D eigenvalue weighted by Crippen LogP contribution is -2.27. The van der Waals surface area contributed by atoms with Gasteiger partial charge in [0.05, 0.1) is 18.4 Å². The molecule has 0 aliphatic heterocycles. The summed E-state index contributed by atoms with van der Waals surface area (Å²) >= 11 is 0. The maximum Gasteiger partial charge on any atom is 0.362 e. The van der Waals surface area contributed by atoms with E-state index in [-0.39, 0.29) is 18.1 Å². The second-order valence-corrected chi connectivity index (χ2v) is 6.37. The highest BCUT2D eigenvalue weighted by Crippen LogP contribution is 2.17. The molecule has 3 rings (SSSR count). The van der Waals surface area contributed by atoms with Crippen LogP contribution in [0.5, 0.6) is 5.75 Å². The van der Waals surface area contributed by atoms with Crippen LogP contribution in [0.2, 0.25) is 0 Å². The summed E-state index contributed by atoms with van der Waals surface area (Å²) in [7, 11) is 0. The first-order chi connectivity index (χ1) is 14.5. The van der Waals surface area contributed by atoms with E-state index in [1.165, 1.54) is 0 Å². The van der Waals surface area contributed by atoms with Gasteiger partial charge in [-0.1, -0.05) is 35.9 Å². The molecule has 154 valence electrons. The maximum atomic E-state index is 12.6. The van der Waals surface area contributed by atoms with Crippen molar-refractivity contribution in [1.82, 2.24) is 9.78 Å². The van der Waals surface area contributed by atoms with Crippen LogP contribution in [0.15, 0.2) is 65.5 Å². The molecule has 8 heteroatoms. The Balaban J connectivity index is 1.86. The predicted molar refractivity (Wildman–Crippen MR) is 111 cm³/mol. The number of rotatable bonds is 7. The Bertz CT molecular complexity index is 1090. The number of carbonyl (C=O) groups excluding carboxylic acids is 2. The molecular formula is C22H21N3O5. The van der Waals surface area contributed by atoms with Crippen LogP contribution >= 0.6 is 0 Å². The van der Waals surface area contributed by atoms with Crippen molar-refractivity contribution in [1.29, 1.82) is 0 Å². The summed E-state index contributed by atoms with van der Waals surface area (Å²) in [5.41, 5.74) is 1.41. The number of aromatic nitrogens is 2. The first-order valence-electron chi connectivity index (χ1n) is 9.34. The van der Waals surface area contributed by atoms with Crippen molar-refractivity contribution in [2.75, 3.05) is 18.5 Å². The molecule has 3 aromatic rings. The van der Waals surface area contributed by atoms with Gasteiger partial charge in [-0.2, -0.15) is 9.78 Å². The lowest BCUT2D eigenvalue weighted by Gasteiger charge is -2.13. The molecule has 2 aromatic carbocycles. The fourth-order valence-corrected chi connectivity index (χ4v) is 2.62. The van der Waals surface area contributed by atoms with E-state index < -0.39 is 24.0 Å². The van der Waals surface area contributed by atoms with E-state index in [1.807, 2.05) is 25.1 Å². The number of carbonyl (C=O) groups is 2. The molecule has 0 unspecified atom stereocenters. The zero-order chi connectivity index (χ0) is 21.5. The van der Waals surface area contributed by atoms with Crippen LogP contribution in [0.4, 0.5) is 5.69 Å². The molecule has 1 aromatic heterocycles. The van der Waals surface area contributed by atoms with Gasteiger partial charge in [0.25, 0.3) is 11.5 Å². The van der Waals surface area contributed by atoms with E-state index in [0.717, 1.165) is 16.3 Å². The van der Waals surface area contributed by atoms with Gasteiger partial charge >= 0.3 is 5.97 Å². The Morgan fingerprint density at radius 3 is 2.43 bits per heavy atom. The minimum absolute atomic E-state index is 0.120. The fraction of sp³-hybridized carbons (Fsp3) is 0.182. The van der Waals surface area contributed by atoms with Crippen LogP contribution in [0.3, 0.4) is 0 Å². The monoisotopic (exact) mass is 407 g/mol. The highest BCUT2D eigenvalue weighted by molar-refractivity contribution is 5.93. The molecule has 0 saturated carbocycles. The van der Waals surface area contributed by atoms with Gasteiger partial charge < -0.3 is 14.8 Å². The molecule has 1 amide bonds. The molecule has 0 aliphatic rings. The van der Waals surface area contributed by atoms with Crippen molar-refractivity contribution in [3.63, 3.8) is 0 Å². The molecule has 0 atom stereocenters. The largest absolute Gasteiger partial charge is 0.481 e. The predicted octanol–water partition coefficient (Wildman–Crippen LogP) is 2.74. The van der Waals surface area contributed by atoms with Gasteiger partial charge in [0.15, 0.2) is 12.4 Å². The standard InChI is InChI=1S/C22H21N3O5/c1-3-29-22(28)21-18(30-14-19(26)23-16-7-5-4-6-8-16)13-20(27)25(24-21)17-11-9-15(2)10-12-17/h4-13H,3,14H2,1-2H3,(H,23,26). The van der Waals surface area contributed by atoms with Crippen molar-refractivity contribution in [2.24, 2.45) is 0 Å². The maximum absolute atomic E-state index is 12.6. The first-order valence-corrected chi connectivity index (χ1v) is 9.34. The number of ether oxygens (including phenoxy) is 2. The molecular weight excluding hydrogens is 386 g/mol. The SMILES string of the molecule is CCOC(=O)c1nn(-c2ccc(C)cc2)c(=O)cc1OCC(=O)Nc1ccccc1. The number of benzene rings is 2. The first kappa shape index (κ1) is 20.8. The van der Waals surface area contributed by atoms with Crippen LogP contribution < -0.4 is 15.6 Å². The van der Waals surface area contributed by atoms with E-state index in [9.17, 15) is 14.4 Å². The number of esters is 1. The average molecular weight is 407 g/mol. The number of hydrogen-bond donors (Lipinski definition) is 1. The molecule has 0 saturated heterocycles. The number of aryl methyl sites for hydroxylation is 1. The van der Waals surface area contributed by atoms with E-state index in [4.69, 9.17) is 9.47 Å². The second-order valence-electron chi connectivity index (χ2n) is 6.37. The average Bonchev–Trinajstić information content (AvgIpc) is 2.74. The Kier molecular flexibility index (Phi) is 6.59. The Morgan fingerprint density at radius 2 is 1.77 bits per heavy atom. The van der Waals surface area contributed by atoms with Gasteiger partial charge in [0.1, 0.15) is 0 Å². The van der Waals surface area contributed by atoms with Crippen molar-refractivity contribution in [2.45, 2.75) is 13.8 Å². The quantitative estimate of drug-likeness (QED) is 0.605. The van der Waals surface area contributed by atoms with E-state index in [2.05, 4.69) is 10.4 Å². The van der Waals surface area contributed by atoms with Crippen LogP contribution in [0.1, 0.15) is 23.0 Å². The van der Waals surface area contributed by atoms with Crippen molar-refractivity contribution < 1.29 is 19.1 Å². The molecule has 0 aliphatic carbocycles. The summed E-state index contributed by atoms with van der Waals surface area (Å²) in [5, 5.41) is 6.78. The molecule has 0 fully saturated rings. The number of hydrogen-bond acceptors (Lipinski definition) is 6. The Hall–Kier alpha value is -3.94. The van der Waals surface area contributed by atoms with Gasteiger partial charge in [-0.15, -0.1) is 0 Å². The minimum Gasteiger partial charge on any atom is -0.481 e. The number of amides is 1. The lowest BCUT2D eigenvalue weighted by molar-refractivity contribution is -0.118. The van der Waals surface area contributed by atoms with Crippen LogP contribution in [-0.4, -0.2) is 34.9 Å². The fourth-order valence-electron chi connectivity index (χ4n) is 2.62. The molecule has 8 nitrogen and oxygen atoms in total. The number of nitrogens with zero attached hydrogens (tertiary/aromatic N) is 2. The topological polar surface area (TPSA) is 99.5 Å². The molecule has 0 bridgehead atoms. The normalized spacial score (nSPS) is 10.3. The molecule has 0 spiro atoms. The zero-order valence-electron chi connectivity index (χ0n) is 16.6. The third-order valence-corrected chi connectivity index (χ3v) is 4.06. The number of anilines is 1. The van der Waals surface area contributed by atoms with Crippen molar-refractivity contribution >= 4 is 17.6 Å². The molecule has 1 N–H and O–H groups in total. The summed E-state index contributed by atoms with van der Waals surface area (Å²) in [6.45, 7) is 3.29. The second kappa shape index (κ2) is 9.51. The van der Waals surface area contributed by atoms with Gasteiger partial charge in [0, 0.05) is 5.69 Å². The highest BCUT2D eigenvalue weighted by Gasteiger charge is 2.20. The Labute approximate surface area is 173 Å². The van der Waals surface area contributed by atoms with Crippen molar-refractivity contribution in [3.05, 3.63) is 82.3 Å². The zero-order valence-corrected chi connectivity index (χ0v) is 16.6. The number of nitrogens with one attached hydrogen (secondary N) is 1. The van der Waals surface area contributed by atoms with Gasteiger partial charge in [-0.25, -0.2) is 4.79 Å². The molecule has 1 heterocycles. The summed E-state index contributed by atoms with van der Waals surface area (Å²) < 4.78 is 11.6. The number of para-hydroxylation sites is 1. The van der Waals surface area contributed by atoms with E-state index in [0.29, 0.717) is 11.4 Å². The van der Waals surface area contributed by atoms with Gasteiger partial charge in [0.2, 0.25) is 5.69 Å². The molecule has 30 heavy (non-hydrogen) atoms. The third-order valence-electron chi connectivity index (χ3n) is 4.06. The third kappa shape index (κ3) is 5.11. The lowest BCUT2D eigenvalue weighted by atomic mass is 10.2. The van der Waals surface area contributed by atoms with Crippen molar-refractivity contribution in [3.8, 4) is 11.4 Å². The van der Waals surface area contributed by atoms with Crippen LogP contribution in [0, 0.1) is 6.92 Å². The van der Waals surface area contributed by atoms with E-state index >= 15 is 0 Å². The summed E-state index contributed by atoms with van der Waals surface area (Å²) in [4.78, 5) is 37.1. The van der Waals surface area contributed by atoms with Crippen LogP contribution in [-0.2, 0) is 9.53 Å². The highest BCUT2D eigenvalue weighted by atomic mass is 16.5. The molecule has 0 radical (unpaired) electrons. The summed E-state index contributed by atoms with van der Waals surface area (Å²) in [5.74, 6) is -1.32.